The fraction of sp³-hybridized carbons (Fsp3) is 0.333. The normalized spacial score (nSPS) is 16.4. The zero-order valence-electron chi connectivity index (χ0n) is 19.3. The van der Waals surface area contributed by atoms with Gasteiger partial charge in [0, 0.05) is 10.4 Å². The first-order chi connectivity index (χ1) is 17.0. The van der Waals surface area contributed by atoms with Crippen LogP contribution in [-0.4, -0.2) is 23.2 Å². The predicted octanol–water partition coefficient (Wildman–Crippen LogP) is 8.04. The molecule has 4 nitrogen and oxygen atoms in total. The summed E-state index contributed by atoms with van der Waals surface area (Å²) >= 11 is 12.5. The molecule has 0 radical (unpaired) electrons. The number of carbonyl (C=O) groups excluding carboxylic acids is 1. The van der Waals surface area contributed by atoms with Crippen molar-refractivity contribution in [2.75, 3.05) is 5.32 Å². The van der Waals surface area contributed by atoms with Gasteiger partial charge in [-0.25, -0.2) is 0 Å². The maximum absolute atomic E-state index is 13.8. The van der Waals surface area contributed by atoms with Gasteiger partial charge in [0.1, 0.15) is 0 Å². The van der Waals surface area contributed by atoms with E-state index in [1.807, 2.05) is 0 Å². The number of halogens is 5. The summed E-state index contributed by atoms with van der Waals surface area (Å²) in [5, 5.41) is 13.8. The van der Waals surface area contributed by atoms with Crippen molar-refractivity contribution in [3.05, 3.63) is 75.8 Å². The molecule has 1 aliphatic rings. The second-order valence-electron chi connectivity index (χ2n) is 9.30. The molecule has 0 saturated heterocycles. The van der Waals surface area contributed by atoms with E-state index in [2.05, 4.69) is 5.32 Å². The highest BCUT2D eigenvalue weighted by Gasteiger charge is 2.45. The number of carbonyl (C=O) groups is 2. The van der Waals surface area contributed by atoms with Gasteiger partial charge in [-0.2, -0.15) is 13.2 Å². The molecule has 0 bridgehead atoms. The molecule has 0 unspecified atom stereocenters. The predicted molar refractivity (Wildman–Crippen MR) is 135 cm³/mol. The van der Waals surface area contributed by atoms with Gasteiger partial charge < -0.3 is 10.4 Å². The minimum atomic E-state index is -4.63. The van der Waals surface area contributed by atoms with Crippen LogP contribution in [0, 0.1) is 11.8 Å². The van der Waals surface area contributed by atoms with Crippen molar-refractivity contribution < 1.29 is 27.9 Å². The Morgan fingerprint density at radius 1 is 1.03 bits per heavy atom. The minimum absolute atomic E-state index is 0.0763. The molecule has 190 valence electrons. The Labute approximate surface area is 216 Å². The van der Waals surface area contributed by atoms with Gasteiger partial charge in [-0.15, -0.1) is 0 Å². The second kappa shape index (κ2) is 10.3. The summed E-state index contributed by atoms with van der Waals surface area (Å²) < 4.78 is 41.5. The smallest absolute Gasteiger partial charge is 0.392 e. The Morgan fingerprint density at radius 3 is 2.36 bits per heavy atom. The Kier molecular flexibility index (Phi) is 7.53. The molecule has 1 saturated carbocycles. The van der Waals surface area contributed by atoms with E-state index in [1.54, 1.807) is 42.5 Å². The number of amides is 1. The molecule has 1 aliphatic carbocycles. The first-order valence-corrected chi connectivity index (χ1v) is 12.3. The maximum atomic E-state index is 13.8. The van der Waals surface area contributed by atoms with Crippen molar-refractivity contribution >= 4 is 51.5 Å². The molecule has 0 spiro atoms. The molecule has 1 amide bonds. The van der Waals surface area contributed by atoms with E-state index in [1.165, 1.54) is 12.1 Å². The van der Waals surface area contributed by atoms with Crippen LogP contribution in [0.1, 0.15) is 49.1 Å². The molecular formula is C27H24Cl2F3NO3. The van der Waals surface area contributed by atoms with Crippen LogP contribution < -0.4 is 5.32 Å². The van der Waals surface area contributed by atoms with Gasteiger partial charge >= 0.3 is 12.1 Å². The monoisotopic (exact) mass is 537 g/mol. The number of benzene rings is 3. The van der Waals surface area contributed by atoms with Crippen LogP contribution in [0.5, 0.6) is 0 Å². The molecule has 3 aromatic carbocycles. The number of hydrogen-bond acceptors (Lipinski definition) is 2. The van der Waals surface area contributed by atoms with Crippen LogP contribution >= 0.6 is 23.2 Å². The molecule has 1 fully saturated rings. The number of carboxylic acid groups (broad SMARTS) is 1. The van der Waals surface area contributed by atoms with Crippen molar-refractivity contribution in [2.24, 2.45) is 11.8 Å². The Balaban J connectivity index is 1.69. The number of aliphatic carboxylic acids is 1. The SMILES string of the molecule is C[C@H]([C@H](C(=O)Nc1cc([C@@H](CC(=O)O)C2CC2)ccc1Cl)c1ccc2c(Cl)cccc2c1)C(F)(F)F. The van der Waals surface area contributed by atoms with Gasteiger partial charge in [0.25, 0.3) is 0 Å². The quantitative estimate of drug-likeness (QED) is 0.305. The van der Waals surface area contributed by atoms with Crippen LogP contribution in [0.2, 0.25) is 10.0 Å². The lowest BCUT2D eigenvalue weighted by Gasteiger charge is -2.26. The van der Waals surface area contributed by atoms with Gasteiger partial charge in [-0.3, -0.25) is 9.59 Å². The summed E-state index contributed by atoms with van der Waals surface area (Å²) in [6, 6.07) is 14.5. The summed E-state index contributed by atoms with van der Waals surface area (Å²) in [5.41, 5.74) is 1.03. The van der Waals surface area contributed by atoms with E-state index in [4.69, 9.17) is 23.2 Å². The maximum Gasteiger partial charge on any atom is 0.392 e. The summed E-state index contributed by atoms with van der Waals surface area (Å²) in [6.07, 6.45) is -2.90. The van der Waals surface area contributed by atoms with E-state index >= 15 is 0 Å². The molecule has 3 aromatic rings. The third kappa shape index (κ3) is 5.79. The van der Waals surface area contributed by atoms with Gasteiger partial charge in [-0.05, 0) is 59.4 Å². The Hall–Kier alpha value is -2.77. The zero-order chi connectivity index (χ0) is 26.2. The largest absolute Gasteiger partial charge is 0.481 e. The van der Waals surface area contributed by atoms with Crippen molar-refractivity contribution in [1.29, 1.82) is 0 Å². The summed E-state index contributed by atoms with van der Waals surface area (Å²) in [4.78, 5) is 24.7. The number of nitrogens with one attached hydrogen (secondary N) is 1. The third-order valence-electron chi connectivity index (χ3n) is 6.77. The van der Waals surface area contributed by atoms with E-state index in [-0.39, 0.29) is 34.5 Å². The lowest BCUT2D eigenvalue weighted by atomic mass is 9.84. The van der Waals surface area contributed by atoms with Crippen LogP contribution in [0.15, 0.2) is 54.6 Å². The number of alkyl halides is 3. The molecule has 3 atom stereocenters. The van der Waals surface area contributed by atoms with Crippen molar-refractivity contribution in [3.63, 3.8) is 0 Å². The van der Waals surface area contributed by atoms with Gasteiger partial charge in [-0.1, -0.05) is 66.5 Å². The van der Waals surface area contributed by atoms with Gasteiger partial charge in [0.15, 0.2) is 0 Å². The lowest BCUT2D eigenvalue weighted by molar-refractivity contribution is -0.178. The van der Waals surface area contributed by atoms with Crippen LogP contribution in [-0.2, 0) is 9.59 Å². The first kappa shape index (κ1) is 26.3. The molecular weight excluding hydrogens is 514 g/mol. The van der Waals surface area contributed by atoms with E-state index < -0.39 is 29.9 Å². The van der Waals surface area contributed by atoms with Crippen LogP contribution in [0.4, 0.5) is 18.9 Å². The fourth-order valence-corrected chi connectivity index (χ4v) is 5.05. The molecule has 0 aliphatic heterocycles. The summed E-state index contributed by atoms with van der Waals surface area (Å²) in [7, 11) is 0. The summed E-state index contributed by atoms with van der Waals surface area (Å²) in [6.45, 7) is 0.973. The first-order valence-electron chi connectivity index (χ1n) is 11.5. The van der Waals surface area contributed by atoms with E-state index in [0.717, 1.165) is 19.8 Å². The van der Waals surface area contributed by atoms with E-state index in [9.17, 15) is 27.9 Å². The van der Waals surface area contributed by atoms with Crippen molar-refractivity contribution in [3.8, 4) is 0 Å². The average Bonchev–Trinajstić information content (AvgIpc) is 3.64. The number of rotatable bonds is 8. The molecule has 2 N–H and O–H groups in total. The van der Waals surface area contributed by atoms with Crippen LogP contribution in [0.3, 0.4) is 0 Å². The lowest BCUT2D eigenvalue weighted by Crippen LogP contribution is -2.34. The average molecular weight is 538 g/mol. The second-order valence-corrected chi connectivity index (χ2v) is 10.1. The molecule has 0 aromatic heterocycles. The van der Waals surface area contributed by atoms with Gasteiger partial charge in [0.2, 0.25) is 5.91 Å². The number of carboxylic acids is 1. The number of hydrogen-bond donors (Lipinski definition) is 2. The van der Waals surface area contributed by atoms with Gasteiger partial charge in [0.05, 0.1) is 29.0 Å². The topological polar surface area (TPSA) is 66.4 Å². The zero-order valence-corrected chi connectivity index (χ0v) is 20.8. The third-order valence-corrected chi connectivity index (χ3v) is 7.43. The fourth-order valence-electron chi connectivity index (χ4n) is 4.64. The standard InChI is InChI=1S/C27H24Cl2F3NO3/c1-14(27(30,31)32)25(18-7-9-19-16(11-18)3-2-4-21(19)28)26(36)33-23-12-17(8-10-22(23)29)20(13-24(34)35)15-5-6-15/h2-4,7-12,14-15,20,25H,5-6,13H2,1H3,(H,33,36)(H,34,35)/t14-,20+,25+/m1/s1. The molecule has 9 heteroatoms. The highest BCUT2D eigenvalue weighted by Crippen LogP contribution is 2.46. The van der Waals surface area contributed by atoms with Crippen molar-refractivity contribution in [2.45, 2.75) is 44.2 Å². The molecule has 4 rings (SSSR count). The Morgan fingerprint density at radius 2 is 1.72 bits per heavy atom. The highest BCUT2D eigenvalue weighted by molar-refractivity contribution is 6.35. The van der Waals surface area contributed by atoms with E-state index in [0.29, 0.717) is 21.4 Å². The Bertz CT molecular complexity index is 1310. The molecule has 0 heterocycles. The summed E-state index contributed by atoms with van der Waals surface area (Å²) in [5.74, 6) is -5.38. The highest BCUT2D eigenvalue weighted by atomic mass is 35.5. The van der Waals surface area contributed by atoms with Crippen molar-refractivity contribution in [1.82, 2.24) is 0 Å². The minimum Gasteiger partial charge on any atom is -0.481 e. The number of anilines is 1. The number of fused-ring (bicyclic) bond motifs is 1. The van der Waals surface area contributed by atoms with Crippen LogP contribution in [0.25, 0.3) is 10.8 Å². The molecule has 36 heavy (non-hydrogen) atoms.